The van der Waals surface area contributed by atoms with Gasteiger partial charge < -0.3 is 9.88 Å². The van der Waals surface area contributed by atoms with Crippen molar-refractivity contribution in [2.24, 2.45) is 7.05 Å². The minimum atomic E-state index is 0.0819. The molecule has 0 bridgehead atoms. The Bertz CT molecular complexity index is 877. The van der Waals surface area contributed by atoms with E-state index in [1.165, 1.54) is 27.7 Å². The Balaban J connectivity index is 1.63. The van der Waals surface area contributed by atoms with Crippen molar-refractivity contribution in [2.45, 2.75) is 26.7 Å². The number of nitrogens with zero attached hydrogens (tertiary/aromatic N) is 1. The van der Waals surface area contributed by atoms with Gasteiger partial charge in [-0.2, -0.15) is 0 Å². The minimum absolute atomic E-state index is 0.0819. The van der Waals surface area contributed by atoms with E-state index >= 15 is 0 Å². The van der Waals surface area contributed by atoms with Crippen LogP contribution < -0.4 is 5.32 Å². The van der Waals surface area contributed by atoms with Gasteiger partial charge in [-0.1, -0.05) is 48.0 Å². The fraction of sp³-hybridized carbons (Fsp3) is 0.286. The summed E-state index contributed by atoms with van der Waals surface area (Å²) in [6.07, 6.45) is 1.29. The second-order valence-corrected chi connectivity index (χ2v) is 6.41. The molecule has 0 fully saturated rings. The lowest BCUT2D eigenvalue weighted by Crippen LogP contribution is -2.27. The highest BCUT2D eigenvalue weighted by Crippen LogP contribution is 2.24. The summed E-state index contributed by atoms with van der Waals surface area (Å²) >= 11 is 0. The molecular weight excluding hydrogens is 296 g/mol. The lowest BCUT2D eigenvalue weighted by Gasteiger charge is -2.07. The Labute approximate surface area is 143 Å². The van der Waals surface area contributed by atoms with Crippen LogP contribution in [0.1, 0.15) is 22.4 Å². The summed E-state index contributed by atoms with van der Waals surface area (Å²) in [7, 11) is 2.09. The van der Waals surface area contributed by atoms with E-state index in [1.807, 2.05) is 25.1 Å². The molecule has 1 N–H and O–H groups in total. The number of hydrogen-bond acceptors (Lipinski definition) is 1. The summed E-state index contributed by atoms with van der Waals surface area (Å²) in [6, 6.07) is 16.5. The zero-order valence-corrected chi connectivity index (χ0v) is 14.6. The molecule has 1 aromatic heterocycles. The number of hydrogen-bond donors (Lipinski definition) is 1. The third kappa shape index (κ3) is 3.35. The normalized spacial score (nSPS) is 11.0. The van der Waals surface area contributed by atoms with E-state index in [1.54, 1.807) is 0 Å². The molecule has 0 spiro atoms. The van der Waals surface area contributed by atoms with Crippen LogP contribution in [0.3, 0.4) is 0 Å². The van der Waals surface area contributed by atoms with Crippen LogP contribution in [0.4, 0.5) is 0 Å². The molecule has 1 heterocycles. The van der Waals surface area contributed by atoms with E-state index in [0.29, 0.717) is 13.0 Å². The predicted molar refractivity (Wildman–Crippen MR) is 99.3 cm³/mol. The Morgan fingerprint density at radius 2 is 1.88 bits per heavy atom. The van der Waals surface area contributed by atoms with E-state index in [9.17, 15) is 4.79 Å². The van der Waals surface area contributed by atoms with Crippen molar-refractivity contribution < 1.29 is 4.79 Å². The quantitative estimate of drug-likeness (QED) is 0.764. The van der Waals surface area contributed by atoms with E-state index in [-0.39, 0.29) is 5.91 Å². The molecule has 3 heteroatoms. The van der Waals surface area contributed by atoms with Gasteiger partial charge in [-0.05, 0) is 37.5 Å². The van der Waals surface area contributed by atoms with Gasteiger partial charge in [0.1, 0.15) is 0 Å². The van der Waals surface area contributed by atoms with E-state index in [0.717, 1.165) is 12.0 Å². The van der Waals surface area contributed by atoms with Gasteiger partial charge in [0.05, 0.1) is 6.42 Å². The molecule has 0 saturated carbocycles. The number of aryl methyl sites for hydroxylation is 2. The molecule has 0 saturated heterocycles. The van der Waals surface area contributed by atoms with E-state index < -0.39 is 0 Å². The third-order valence-electron chi connectivity index (χ3n) is 4.67. The molecule has 3 rings (SSSR count). The number of rotatable bonds is 5. The number of carbonyl (C=O) groups is 1. The molecule has 0 radical (unpaired) electrons. The highest BCUT2D eigenvalue weighted by Gasteiger charge is 2.11. The van der Waals surface area contributed by atoms with Crippen LogP contribution in [0.15, 0.2) is 48.5 Å². The van der Waals surface area contributed by atoms with Gasteiger partial charge in [0, 0.05) is 30.2 Å². The molecule has 124 valence electrons. The van der Waals surface area contributed by atoms with Crippen LogP contribution in [0.25, 0.3) is 10.9 Å². The van der Waals surface area contributed by atoms with E-state index in [4.69, 9.17) is 0 Å². The molecule has 0 atom stereocenters. The second-order valence-electron chi connectivity index (χ2n) is 6.41. The summed E-state index contributed by atoms with van der Waals surface area (Å²) in [5.41, 5.74) is 6.09. The lowest BCUT2D eigenvalue weighted by atomic mass is 10.1. The van der Waals surface area contributed by atoms with Crippen molar-refractivity contribution in [3.8, 4) is 0 Å². The van der Waals surface area contributed by atoms with Crippen molar-refractivity contribution in [1.82, 2.24) is 9.88 Å². The van der Waals surface area contributed by atoms with Gasteiger partial charge in [-0.25, -0.2) is 0 Å². The zero-order chi connectivity index (χ0) is 17.1. The molecular formula is C21H24N2O. The molecule has 1 amide bonds. The van der Waals surface area contributed by atoms with Gasteiger partial charge in [-0.3, -0.25) is 4.79 Å². The summed E-state index contributed by atoms with van der Waals surface area (Å²) in [4.78, 5) is 12.2. The zero-order valence-electron chi connectivity index (χ0n) is 14.6. The predicted octanol–water partition coefficient (Wildman–Crippen LogP) is 3.70. The highest BCUT2D eigenvalue weighted by atomic mass is 16.1. The summed E-state index contributed by atoms with van der Waals surface area (Å²) < 4.78 is 2.22. The molecule has 0 unspecified atom stereocenters. The standard InChI is InChI=1S/C21H24N2O/c1-15-7-6-8-17(13-15)14-21(24)22-12-11-18-16(2)23(3)20-10-5-4-9-19(18)20/h4-10,13H,11-12,14H2,1-3H3,(H,22,24). The minimum Gasteiger partial charge on any atom is -0.355 e. The molecule has 0 aliphatic carbocycles. The summed E-state index contributed by atoms with van der Waals surface area (Å²) in [6.45, 7) is 4.86. The number of para-hydroxylation sites is 1. The van der Waals surface area contributed by atoms with Crippen molar-refractivity contribution in [3.05, 3.63) is 70.9 Å². The van der Waals surface area contributed by atoms with Gasteiger partial charge >= 0.3 is 0 Å². The second kappa shape index (κ2) is 6.91. The first-order valence-corrected chi connectivity index (χ1v) is 8.41. The summed E-state index contributed by atoms with van der Waals surface area (Å²) in [5.74, 6) is 0.0819. The topological polar surface area (TPSA) is 34.0 Å². The molecule has 24 heavy (non-hydrogen) atoms. The third-order valence-corrected chi connectivity index (χ3v) is 4.67. The number of aromatic nitrogens is 1. The van der Waals surface area contributed by atoms with Crippen LogP contribution in [-0.4, -0.2) is 17.0 Å². The first-order chi connectivity index (χ1) is 11.6. The molecule has 3 aromatic rings. The Morgan fingerprint density at radius 1 is 1.08 bits per heavy atom. The van der Waals surface area contributed by atoms with Crippen LogP contribution in [-0.2, 0) is 24.7 Å². The fourth-order valence-corrected chi connectivity index (χ4v) is 3.31. The number of fused-ring (bicyclic) bond motifs is 1. The van der Waals surface area contributed by atoms with Gasteiger partial charge in [0.25, 0.3) is 0 Å². The molecule has 2 aromatic carbocycles. The largest absolute Gasteiger partial charge is 0.355 e. The molecule has 3 nitrogen and oxygen atoms in total. The monoisotopic (exact) mass is 320 g/mol. The highest BCUT2D eigenvalue weighted by molar-refractivity contribution is 5.85. The SMILES string of the molecule is Cc1cccc(CC(=O)NCCc2c(C)n(C)c3ccccc23)c1. The average Bonchev–Trinajstić information content (AvgIpc) is 2.80. The van der Waals surface area contributed by atoms with E-state index in [2.05, 4.69) is 54.2 Å². The molecule has 0 aliphatic heterocycles. The maximum atomic E-state index is 12.2. The van der Waals surface area contributed by atoms with Crippen LogP contribution in [0.5, 0.6) is 0 Å². The lowest BCUT2D eigenvalue weighted by molar-refractivity contribution is -0.120. The Hall–Kier alpha value is -2.55. The smallest absolute Gasteiger partial charge is 0.224 e. The van der Waals surface area contributed by atoms with Gasteiger partial charge in [-0.15, -0.1) is 0 Å². The number of benzene rings is 2. The number of carbonyl (C=O) groups excluding carboxylic acids is 1. The van der Waals surface area contributed by atoms with Gasteiger partial charge in [0.15, 0.2) is 0 Å². The first-order valence-electron chi connectivity index (χ1n) is 8.41. The van der Waals surface area contributed by atoms with Crippen molar-refractivity contribution >= 4 is 16.8 Å². The van der Waals surface area contributed by atoms with Crippen molar-refractivity contribution in [2.75, 3.05) is 6.54 Å². The van der Waals surface area contributed by atoms with Gasteiger partial charge in [0.2, 0.25) is 5.91 Å². The number of amides is 1. The first kappa shape index (κ1) is 16.3. The van der Waals surface area contributed by atoms with Crippen molar-refractivity contribution in [3.63, 3.8) is 0 Å². The van der Waals surface area contributed by atoms with Crippen LogP contribution in [0, 0.1) is 13.8 Å². The maximum absolute atomic E-state index is 12.2. The summed E-state index contributed by atoms with van der Waals surface area (Å²) in [5, 5.41) is 4.33. The van der Waals surface area contributed by atoms with Crippen LogP contribution >= 0.6 is 0 Å². The Morgan fingerprint density at radius 3 is 2.67 bits per heavy atom. The number of nitrogens with one attached hydrogen (secondary N) is 1. The Kier molecular flexibility index (Phi) is 4.70. The van der Waals surface area contributed by atoms with Crippen LogP contribution in [0.2, 0.25) is 0 Å². The maximum Gasteiger partial charge on any atom is 0.224 e. The molecule has 0 aliphatic rings. The van der Waals surface area contributed by atoms with Crippen molar-refractivity contribution in [1.29, 1.82) is 0 Å². The fourth-order valence-electron chi connectivity index (χ4n) is 3.31. The average molecular weight is 320 g/mol.